The van der Waals surface area contributed by atoms with Crippen LogP contribution in [-0.4, -0.2) is 37.1 Å². The summed E-state index contributed by atoms with van der Waals surface area (Å²) in [4.78, 5) is 24.9. The molecular formula is C25H25N5O. The number of amides is 1. The van der Waals surface area contributed by atoms with Gasteiger partial charge >= 0.3 is 0 Å². The van der Waals surface area contributed by atoms with Crippen LogP contribution in [0.25, 0.3) is 22.3 Å². The van der Waals surface area contributed by atoms with Gasteiger partial charge in [-0.15, -0.1) is 0 Å². The Kier molecular flexibility index (Phi) is 4.98. The average Bonchev–Trinajstić information content (AvgIpc) is 3.46. The van der Waals surface area contributed by atoms with E-state index in [1.165, 1.54) is 0 Å². The number of hydrogen-bond acceptors (Lipinski definition) is 4. The summed E-state index contributed by atoms with van der Waals surface area (Å²) in [6.45, 7) is 4.89. The Morgan fingerprint density at radius 1 is 1.10 bits per heavy atom. The molecule has 0 radical (unpaired) electrons. The zero-order chi connectivity index (χ0) is 21.4. The molecule has 1 fully saturated rings. The van der Waals surface area contributed by atoms with Crippen LogP contribution < -0.4 is 0 Å². The second-order valence-corrected chi connectivity index (χ2v) is 8.28. The van der Waals surface area contributed by atoms with Crippen molar-refractivity contribution in [3.8, 4) is 11.3 Å². The SMILES string of the molecule is CC(C)n1ncc2c(C(=O)N3CCCC3c3ccncc3)cc(-c3ccccc3)nc21. The van der Waals surface area contributed by atoms with Crippen LogP contribution in [0.15, 0.2) is 67.1 Å². The van der Waals surface area contributed by atoms with E-state index in [4.69, 9.17) is 4.98 Å². The lowest BCUT2D eigenvalue weighted by Gasteiger charge is -2.25. The molecule has 0 saturated carbocycles. The smallest absolute Gasteiger partial charge is 0.255 e. The quantitative estimate of drug-likeness (QED) is 0.471. The fourth-order valence-electron chi connectivity index (χ4n) is 4.43. The van der Waals surface area contributed by atoms with Crippen molar-refractivity contribution in [1.82, 2.24) is 24.6 Å². The molecule has 156 valence electrons. The zero-order valence-electron chi connectivity index (χ0n) is 17.8. The first-order chi connectivity index (χ1) is 15.1. The molecule has 0 N–H and O–H groups in total. The number of aromatic nitrogens is 4. The summed E-state index contributed by atoms with van der Waals surface area (Å²) in [6.07, 6.45) is 7.31. The van der Waals surface area contributed by atoms with Crippen molar-refractivity contribution < 1.29 is 4.79 Å². The van der Waals surface area contributed by atoms with Crippen LogP contribution in [0.3, 0.4) is 0 Å². The lowest BCUT2D eigenvalue weighted by atomic mass is 10.0. The Morgan fingerprint density at radius 3 is 2.61 bits per heavy atom. The van der Waals surface area contributed by atoms with Crippen molar-refractivity contribution >= 4 is 16.9 Å². The minimum Gasteiger partial charge on any atom is -0.332 e. The van der Waals surface area contributed by atoms with Crippen molar-refractivity contribution in [2.75, 3.05) is 6.54 Å². The molecular weight excluding hydrogens is 386 g/mol. The number of nitrogens with zero attached hydrogens (tertiary/aromatic N) is 5. The fourth-order valence-corrected chi connectivity index (χ4v) is 4.43. The topological polar surface area (TPSA) is 63.9 Å². The molecule has 1 amide bonds. The van der Waals surface area contributed by atoms with Gasteiger partial charge in [0.1, 0.15) is 0 Å². The van der Waals surface area contributed by atoms with Gasteiger partial charge in [0.2, 0.25) is 0 Å². The number of fused-ring (bicyclic) bond motifs is 1. The minimum absolute atomic E-state index is 0.0344. The Balaban J connectivity index is 1.64. The van der Waals surface area contributed by atoms with E-state index in [1.54, 1.807) is 18.6 Å². The van der Waals surface area contributed by atoms with Crippen LogP contribution in [-0.2, 0) is 0 Å². The molecule has 1 aliphatic rings. The van der Waals surface area contributed by atoms with Crippen molar-refractivity contribution in [3.05, 3.63) is 78.2 Å². The highest BCUT2D eigenvalue weighted by molar-refractivity contribution is 6.06. The summed E-state index contributed by atoms with van der Waals surface area (Å²) in [5.74, 6) is 0.0344. The van der Waals surface area contributed by atoms with Gasteiger partial charge in [-0.25, -0.2) is 9.67 Å². The summed E-state index contributed by atoms with van der Waals surface area (Å²) in [5.41, 5.74) is 4.32. The number of benzene rings is 1. The standard InChI is InChI=1S/C25H25N5O/c1-17(2)30-24-21(16-27-30)20(15-22(28-24)18-7-4-3-5-8-18)25(31)29-14-6-9-23(29)19-10-12-26-13-11-19/h3-5,7-8,10-13,15-17,23H,6,9,14H2,1-2H3. The molecule has 1 unspecified atom stereocenters. The van der Waals surface area contributed by atoms with E-state index in [2.05, 4.69) is 23.9 Å². The van der Waals surface area contributed by atoms with Crippen LogP contribution >= 0.6 is 0 Å². The van der Waals surface area contributed by atoms with Crippen LogP contribution in [0.5, 0.6) is 0 Å². The van der Waals surface area contributed by atoms with Gasteiger partial charge in [0.15, 0.2) is 5.65 Å². The third kappa shape index (κ3) is 3.48. The third-order valence-electron chi connectivity index (χ3n) is 5.96. The Bertz CT molecular complexity index is 1220. The number of rotatable bonds is 4. The maximum Gasteiger partial charge on any atom is 0.255 e. The first-order valence-corrected chi connectivity index (χ1v) is 10.8. The molecule has 0 bridgehead atoms. The second kappa shape index (κ2) is 7.95. The highest BCUT2D eigenvalue weighted by Crippen LogP contribution is 2.35. The molecule has 31 heavy (non-hydrogen) atoms. The predicted molar refractivity (Wildman–Crippen MR) is 121 cm³/mol. The maximum absolute atomic E-state index is 13.9. The Morgan fingerprint density at radius 2 is 1.87 bits per heavy atom. The van der Waals surface area contributed by atoms with Gasteiger partial charge in [0, 0.05) is 30.5 Å². The summed E-state index contributed by atoms with van der Waals surface area (Å²) < 4.78 is 1.89. The first kappa shape index (κ1) is 19.4. The van der Waals surface area contributed by atoms with E-state index in [0.29, 0.717) is 5.56 Å². The molecule has 6 nitrogen and oxygen atoms in total. The number of carbonyl (C=O) groups is 1. The average molecular weight is 412 g/mol. The number of pyridine rings is 2. The molecule has 0 aliphatic carbocycles. The van der Waals surface area contributed by atoms with Gasteiger partial charge in [-0.05, 0) is 50.5 Å². The Labute approximate surface area is 181 Å². The normalized spacial score (nSPS) is 16.4. The van der Waals surface area contributed by atoms with E-state index in [-0.39, 0.29) is 18.0 Å². The summed E-state index contributed by atoms with van der Waals surface area (Å²) in [7, 11) is 0. The molecule has 1 saturated heterocycles. The highest BCUT2D eigenvalue weighted by Gasteiger charge is 2.32. The number of likely N-dealkylation sites (tertiary alicyclic amines) is 1. The molecule has 4 heterocycles. The van der Waals surface area contributed by atoms with Gasteiger partial charge < -0.3 is 4.90 Å². The lowest BCUT2D eigenvalue weighted by molar-refractivity contribution is 0.0737. The monoisotopic (exact) mass is 411 g/mol. The molecule has 6 heteroatoms. The highest BCUT2D eigenvalue weighted by atomic mass is 16.2. The van der Waals surface area contributed by atoms with Crippen LogP contribution in [0, 0.1) is 0 Å². The van der Waals surface area contributed by atoms with Gasteiger partial charge in [-0.1, -0.05) is 30.3 Å². The summed E-state index contributed by atoms with van der Waals surface area (Å²) in [5, 5.41) is 5.36. The molecule has 4 aromatic rings. The van der Waals surface area contributed by atoms with Crippen LogP contribution in [0.1, 0.15) is 54.7 Å². The van der Waals surface area contributed by atoms with Gasteiger partial charge in [-0.3, -0.25) is 9.78 Å². The summed E-state index contributed by atoms with van der Waals surface area (Å²) >= 11 is 0. The van der Waals surface area contributed by atoms with Crippen molar-refractivity contribution in [1.29, 1.82) is 0 Å². The van der Waals surface area contributed by atoms with Crippen molar-refractivity contribution in [2.45, 2.75) is 38.8 Å². The molecule has 1 aromatic carbocycles. The van der Waals surface area contributed by atoms with Gasteiger partial charge in [0.05, 0.1) is 28.9 Å². The summed E-state index contributed by atoms with van der Waals surface area (Å²) in [6, 6.07) is 16.2. The fraction of sp³-hybridized carbons (Fsp3) is 0.280. The van der Waals surface area contributed by atoms with E-state index < -0.39 is 0 Å². The molecule has 5 rings (SSSR count). The third-order valence-corrected chi connectivity index (χ3v) is 5.96. The van der Waals surface area contributed by atoms with Gasteiger partial charge in [-0.2, -0.15) is 5.10 Å². The van der Waals surface area contributed by atoms with Crippen LogP contribution in [0.2, 0.25) is 0 Å². The molecule has 1 atom stereocenters. The first-order valence-electron chi connectivity index (χ1n) is 10.8. The number of carbonyl (C=O) groups excluding carboxylic acids is 1. The largest absolute Gasteiger partial charge is 0.332 e. The number of hydrogen-bond donors (Lipinski definition) is 0. The maximum atomic E-state index is 13.9. The van der Waals surface area contributed by atoms with Crippen LogP contribution in [0.4, 0.5) is 0 Å². The Hall–Kier alpha value is -3.54. The second-order valence-electron chi connectivity index (χ2n) is 8.28. The minimum atomic E-state index is 0.0344. The van der Waals surface area contributed by atoms with E-state index >= 15 is 0 Å². The molecule has 0 spiro atoms. The van der Waals surface area contributed by atoms with Crippen molar-refractivity contribution in [3.63, 3.8) is 0 Å². The van der Waals surface area contributed by atoms with E-state index in [1.807, 2.05) is 58.1 Å². The van der Waals surface area contributed by atoms with Gasteiger partial charge in [0.25, 0.3) is 5.91 Å². The van der Waals surface area contributed by atoms with E-state index in [0.717, 1.165) is 47.2 Å². The molecule has 1 aliphatic heterocycles. The predicted octanol–water partition coefficient (Wildman–Crippen LogP) is 5.05. The zero-order valence-corrected chi connectivity index (χ0v) is 17.8. The molecule has 3 aromatic heterocycles. The lowest BCUT2D eigenvalue weighted by Crippen LogP contribution is -2.30. The van der Waals surface area contributed by atoms with Crippen molar-refractivity contribution in [2.24, 2.45) is 0 Å². The van der Waals surface area contributed by atoms with E-state index in [9.17, 15) is 4.79 Å².